The number of aryl methyl sites for hydroxylation is 1. The number of nitrogens with one attached hydrogen (secondary N) is 3. The predicted octanol–water partition coefficient (Wildman–Crippen LogP) is 1.05. The Morgan fingerprint density at radius 1 is 1.41 bits per heavy atom. The van der Waals surface area contributed by atoms with Crippen LogP contribution in [0.15, 0.2) is 24.3 Å². The molecule has 0 fully saturated rings. The fourth-order valence-corrected chi connectivity index (χ4v) is 1.28. The molecular formula is C12H17N3OS. The molecule has 4 nitrogen and oxygen atoms in total. The molecule has 1 aromatic rings. The number of thiocarbonyl (C=S) groups is 1. The molecule has 0 aliphatic heterocycles. The number of hydrazine groups is 1. The minimum atomic E-state index is -0.269. The van der Waals surface area contributed by atoms with Crippen molar-refractivity contribution in [3.63, 3.8) is 0 Å². The lowest BCUT2D eigenvalue weighted by atomic mass is 10.1. The van der Waals surface area contributed by atoms with Gasteiger partial charge in [0.05, 0.1) is 6.04 Å². The van der Waals surface area contributed by atoms with E-state index in [0.717, 1.165) is 11.8 Å². The van der Waals surface area contributed by atoms with Gasteiger partial charge in [0, 0.05) is 6.54 Å². The Balaban J connectivity index is 2.28. The maximum absolute atomic E-state index is 10.4. The van der Waals surface area contributed by atoms with Crippen molar-refractivity contribution in [2.45, 2.75) is 26.4 Å². The highest BCUT2D eigenvalue weighted by Gasteiger charge is 1.99. The second-order valence-corrected chi connectivity index (χ2v) is 4.27. The minimum Gasteiger partial charge on any atom is -0.358 e. The molecule has 1 atom stereocenters. The van der Waals surface area contributed by atoms with Gasteiger partial charge in [0.2, 0.25) is 0 Å². The van der Waals surface area contributed by atoms with Gasteiger partial charge in [-0.1, -0.05) is 29.8 Å². The largest absolute Gasteiger partial charge is 0.358 e. The third-order valence-electron chi connectivity index (χ3n) is 2.19. The standard InChI is InChI=1S/C12H17N3OS/c1-9-3-5-11(6-4-9)7-13-12(17)15-14-10(2)8-16/h3-6,8,10,14H,7H2,1-2H3,(H2,13,15,17). The zero-order valence-electron chi connectivity index (χ0n) is 9.99. The second-order valence-electron chi connectivity index (χ2n) is 3.86. The first-order valence-corrected chi connectivity index (χ1v) is 5.83. The molecule has 0 saturated carbocycles. The van der Waals surface area contributed by atoms with Gasteiger partial charge in [-0.15, -0.1) is 0 Å². The Bertz CT molecular complexity index is 378. The maximum atomic E-state index is 10.4. The Kier molecular flexibility index (Phi) is 5.59. The second kappa shape index (κ2) is 6.98. The van der Waals surface area contributed by atoms with Crippen molar-refractivity contribution >= 4 is 23.6 Å². The highest BCUT2D eigenvalue weighted by atomic mass is 32.1. The van der Waals surface area contributed by atoms with Crippen molar-refractivity contribution in [3.05, 3.63) is 35.4 Å². The summed E-state index contributed by atoms with van der Waals surface area (Å²) in [7, 11) is 0. The topological polar surface area (TPSA) is 53.2 Å². The Morgan fingerprint density at radius 3 is 2.65 bits per heavy atom. The SMILES string of the molecule is Cc1ccc(CNC(=S)NNC(C)C=O)cc1. The lowest BCUT2D eigenvalue weighted by Gasteiger charge is -2.13. The number of hydrogen-bond acceptors (Lipinski definition) is 3. The molecule has 0 bridgehead atoms. The first-order valence-electron chi connectivity index (χ1n) is 5.42. The fourth-order valence-electron chi connectivity index (χ4n) is 1.15. The van der Waals surface area contributed by atoms with Gasteiger partial charge in [0.15, 0.2) is 5.11 Å². The molecule has 0 aromatic heterocycles. The number of hydrogen-bond donors (Lipinski definition) is 3. The molecule has 0 heterocycles. The molecule has 3 N–H and O–H groups in total. The number of carbonyl (C=O) groups excluding carboxylic acids is 1. The maximum Gasteiger partial charge on any atom is 0.181 e. The van der Waals surface area contributed by atoms with Crippen molar-refractivity contribution in [2.75, 3.05) is 0 Å². The summed E-state index contributed by atoms with van der Waals surface area (Å²) in [6.07, 6.45) is 0.801. The van der Waals surface area contributed by atoms with E-state index in [2.05, 4.69) is 28.3 Å². The number of benzene rings is 1. The number of aldehydes is 1. The smallest absolute Gasteiger partial charge is 0.181 e. The Hall–Kier alpha value is -1.46. The lowest BCUT2D eigenvalue weighted by molar-refractivity contribution is -0.109. The Labute approximate surface area is 107 Å². The van der Waals surface area contributed by atoms with Gasteiger partial charge in [-0.25, -0.2) is 5.43 Å². The van der Waals surface area contributed by atoms with Gasteiger partial charge in [-0.05, 0) is 31.6 Å². The van der Waals surface area contributed by atoms with Crippen molar-refractivity contribution < 1.29 is 4.79 Å². The molecule has 0 aliphatic rings. The quantitative estimate of drug-likeness (QED) is 0.415. The van der Waals surface area contributed by atoms with Crippen LogP contribution in [-0.2, 0) is 11.3 Å². The van der Waals surface area contributed by atoms with Crippen LogP contribution in [0.25, 0.3) is 0 Å². The third-order valence-corrected chi connectivity index (χ3v) is 2.44. The van der Waals surface area contributed by atoms with E-state index in [0.29, 0.717) is 11.7 Å². The van der Waals surface area contributed by atoms with E-state index in [1.807, 2.05) is 19.1 Å². The van der Waals surface area contributed by atoms with E-state index >= 15 is 0 Å². The van der Waals surface area contributed by atoms with E-state index in [-0.39, 0.29) is 6.04 Å². The van der Waals surface area contributed by atoms with Crippen LogP contribution in [0.2, 0.25) is 0 Å². The molecule has 0 saturated heterocycles. The summed E-state index contributed by atoms with van der Waals surface area (Å²) in [6.45, 7) is 4.44. The number of carbonyl (C=O) groups is 1. The van der Waals surface area contributed by atoms with E-state index in [1.165, 1.54) is 5.56 Å². The predicted molar refractivity (Wildman–Crippen MR) is 72.4 cm³/mol. The summed E-state index contributed by atoms with van der Waals surface area (Å²) >= 11 is 5.04. The molecule has 0 amide bonds. The number of rotatable bonds is 5. The zero-order valence-corrected chi connectivity index (χ0v) is 10.8. The zero-order chi connectivity index (χ0) is 12.7. The van der Waals surface area contributed by atoms with Crippen LogP contribution in [0.1, 0.15) is 18.1 Å². The first kappa shape index (κ1) is 13.6. The minimum absolute atomic E-state index is 0.269. The van der Waals surface area contributed by atoms with Crippen LogP contribution in [0.5, 0.6) is 0 Å². The molecule has 5 heteroatoms. The molecular weight excluding hydrogens is 234 g/mol. The summed E-state index contributed by atoms with van der Waals surface area (Å²) < 4.78 is 0. The van der Waals surface area contributed by atoms with Crippen molar-refractivity contribution in [1.82, 2.24) is 16.2 Å². The van der Waals surface area contributed by atoms with Crippen molar-refractivity contribution in [1.29, 1.82) is 0 Å². The summed E-state index contributed by atoms with van der Waals surface area (Å²) in [6, 6.07) is 7.94. The molecule has 0 aliphatic carbocycles. The molecule has 0 spiro atoms. The Morgan fingerprint density at radius 2 is 2.06 bits per heavy atom. The summed E-state index contributed by atoms with van der Waals surface area (Å²) in [4.78, 5) is 10.4. The van der Waals surface area contributed by atoms with Crippen molar-refractivity contribution in [3.8, 4) is 0 Å². The van der Waals surface area contributed by atoms with Gasteiger partial charge in [0.1, 0.15) is 6.29 Å². The van der Waals surface area contributed by atoms with Gasteiger partial charge in [0.25, 0.3) is 0 Å². The highest BCUT2D eigenvalue weighted by Crippen LogP contribution is 2.02. The third kappa shape index (κ3) is 5.42. The van der Waals surface area contributed by atoms with Crippen LogP contribution in [0, 0.1) is 6.92 Å². The van der Waals surface area contributed by atoms with Crippen LogP contribution < -0.4 is 16.2 Å². The van der Waals surface area contributed by atoms with E-state index in [9.17, 15) is 4.79 Å². The average Bonchev–Trinajstić information content (AvgIpc) is 2.35. The molecule has 1 rings (SSSR count). The van der Waals surface area contributed by atoms with Crippen LogP contribution in [-0.4, -0.2) is 17.4 Å². The van der Waals surface area contributed by atoms with Crippen LogP contribution in [0.4, 0.5) is 0 Å². The van der Waals surface area contributed by atoms with Crippen LogP contribution >= 0.6 is 12.2 Å². The summed E-state index contributed by atoms with van der Waals surface area (Å²) in [5.41, 5.74) is 7.90. The van der Waals surface area contributed by atoms with Gasteiger partial charge in [-0.3, -0.25) is 5.43 Å². The fraction of sp³-hybridized carbons (Fsp3) is 0.333. The van der Waals surface area contributed by atoms with Gasteiger partial charge in [-0.2, -0.15) is 0 Å². The van der Waals surface area contributed by atoms with Gasteiger partial charge < -0.3 is 10.1 Å². The summed E-state index contributed by atoms with van der Waals surface area (Å²) in [5.74, 6) is 0. The normalized spacial score (nSPS) is 11.6. The molecule has 92 valence electrons. The monoisotopic (exact) mass is 251 g/mol. The van der Waals surface area contributed by atoms with E-state index < -0.39 is 0 Å². The summed E-state index contributed by atoms with van der Waals surface area (Å²) in [5, 5.41) is 3.51. The molecule has 1 unspecified atom stereocenters. The lowest BCUT2D eigenvalue weighted by Crippen LogP contribution is -2.47. The van der Waals surface area contributed by atoms with E-state index in [4.69, 9.17) is 12.2 Å². The van der Waals surface area contributed by atoms with Crippen molar-refractivity contribution in [2.24, 2.45) is 0 Å². The van der Waals surface area contributed by atoms with Gasteiger partial charge >= 0.3 is 0 Å². The molecule has 0 radical (unpaired) electrons. The average molecular weight is 251 g/mol. The van der Waals surface area contributed by atoms with Crippen LogP contribution in [0.3, 0.4) is 0 Å². The molecule has 17 heavy (non-hydrogen) atoms. The van der Waals surface area contributed by atoms with E-state index in [1.54, 1.807) is 6.92 Å². The molecule has 1 aromatic carbocycles. The highest BCUT2D eigenvalue weighted by molar-refractivity contribution is 7.80. The first-order chi connectivity index (χ1) is 8.11.